The van der Waals surface area contributed by atoms with Crippen molar-refractivity contribution in [3.63, 3.8) is 0 Å². The van der Waals surface area contributed by atoms with Crippen molar-refractivity contribution in [2.24, 2.45) is 53.1 Å². The van der Waals surface area contributed by atoms with Crippen molar-refractivity contribution in [3.05, 3.63) is 69.6 Å². The summed E-state index contributed by atoms with van der Waals surface area (Å²) in [7, 11) is 0. The SMILES string of the molecule is N#CC1CCC(C2=C(C3CCCCC3C3CCCCC3C(=Cn3c4c(c5c3CCCC5)CCC=C4)CC(N)N3C4C=CC=CC4C4CCCCC43)CCCC2)CC1. The number of allylic oxidation sites excluding steroid dienone is 5. The third-order valence-electron chi connectivity index (χ3n) is 17.8. The molecule has 4 nitrogen and oxygen atoms in total. The van der Waals surface area contributed by atoms with Gasteiger partial charge in [0.2, 0.25) is 0 Å². The van der Waals surface area contributed by atoms with Crippen molar-refractivity contribution >= 4 is 12.3 Å². The van der Waals surface area contributed by atoms with Crippen LogP contribution >= 0.6 is 0 Å². The van der Waals surface area contributed by atoms with Crippen LogP contribution in [0.3, 0.4) is 0 Å². The number of nitrogens with zero attached hydrogens (tertiary/aromatic N) is 3. The van der Waals surface area contributed by atoms with Gasteiger partial charge in [0.15, 0.2) is 0 Å². The number of aromatic nitrogens is 1. The topological polar surface area (TPSA) is 58.0 Å². The van der Waals surface area contributed by atoms with E-state index in [4.69, 9.17) is 5.73 Å². The van der Waals surface area contributed by atoms with Crippen LogP contribution < -0.4 is 5.73 Å². The zero-order valence-corrected chi connectivity index (χ0v) is 35.4. The Balaban J connectivity index is 1.03. The lowest BCUT2D eigenvalue weighted by Gasteiger charge is -2.47. The molecule has 1 aromatic rings. The van der Waals surface area contributed by atoms with Gasteiger partial charge in [-0.1, -0.05) is 80.1 Å². The summed E-state index contributed by atoms with van der Waals surface area (Å²) in [6.45, 7) is 0. The Morgan fingerprint density at radius 3 is 2.30 bits per heavy atom. The predicted octanol–water partition coefficient (Wildman–Crippen LogP) is 12.6. The highest BCUT2D eigenvalue weighted by Crippen LogP contribution is 2.54. The molecular weight excluding hydrogens is 693 g/mol. The summed E-state index contributed by atoms with van der Waals surface area (Å²) in [4.78, 5) is 2.87. The molecule has 57 heavy (non-hydrogen) atoms. The molecule has 0 spiro atoms. The number of fused-ring (bicyclic) bond motifs is 6. The maximum atomic E-state index is 9.72. The van der Waals surface area contributed by atoms with Gasteiger partial charge >= 0.3 is 0 Å². The zero-order chi connectivity index (χ0) is 38.3. The summed E-state index contributed by atoms with van der Waals surface area (Å²) in [6.07, 6.45) is 53.0. The Morgan fingerprint density at radius 1 is 0.719 bits per heavy atom. The van der Waals surface area contributed by atoms with Crippen molar-refractivity contribution in [1.82, 2.24) is 9.47 Å². The van der Waals surface area contributed by atoms with Gasteiger partial charge in [0.25, 0.3) is 0 Å². The van der Waals surface area contributed by atoms with Crippen LogP contribution in [0.15, 0.2) is 47.1 Å². The molecule has 0 radical (unpaired) electrons. The quantitative estimate of drug-likeness (QED) is 0.268. The second-order valence-electron chi connectivity index (χ2n) is 20.6. The van der Waals surface area contributed by atoms with E-state index in [0.717, 1.165) is 48.9 Å². The molecular formula is C53H74N4. The van der Waals surface area contributed by atoms with Gasteiger partial charge in [-0.15, -0.1) is 0 Å². The fourth-order valence-electron chi connectivity index (χ4n) is 15.4. The molecule has 0 aromatic carbocycles. The lowest BCUT2D eigenvalue weighted by atomic mass is 9.59. The number of likely N-dealkylation sites (tertiary alicyclic amines) is 1. The summed E-state index contributed by atoms with van der Waals surface area (Å²) in [5.41, 5.74) is 19.9. The maximum absolute atomic E-state index is 9.72. The molecule has 10 rings (SSSR count). The second-order valence-corrected chi connectivity index (χ2v) is 20.6. The summed E-state index contributed by atoms with van der Waals surface area (Å²) < 4.78 is 2.77. The summed E-state index contributed by atoms with van der Waals surface area (Å²) in [6, 6.07) is 3.71. The van der Waals surface area contributed by atoms with Crippen LogP contribution in [-0.4, -0.2) is 27.7 Å². The van der Waals surface area contributed by atoms with Crippen LogP contribution in [0.2, 0.25) is 0 Å². The zero-order valence-electron chi connectivity index (χ0n) is 35.4. The number of hydrogen-bond acceptors (Lipinski definition) is 3. The van der Waals surface area contributed by atoms with E-state index in [1.165, 1.54) is 160 Å². The van der Waals surface area contributed by atoms with Crippen molar-refractivity contribution in [1.29, 1.82) is 5.26 Å². The van der Waals surface area contributed by atoms with Gasteiger partial charge in [-0.2, -0.15) is 5.26 Å². The number of rotatable bonds is 8. The molecule has 2 heterocycles. The molecule has 0 amide bonds. The molecule has 9 aliphatic rings. The van der Waals surface area contributed by atoms with Crippen molar-refractivity contribution in [2.75, 3.05) is 0 Å². The minimum absolute atomic E-state index is 0.0617. The lowest BCUT2D eigenvalue weighted by molar-refractivity contribution is 0.0928. The van der Waals surface area contributed by atoms with E-state index in [-0.39, 0.29) is 6.17 Å². The second kappa shape index (κ2) is 17.2. The van der Waals surface area contributed by atoms with Crippen molar-refractivity contribution < 1.29 is 0 Å². The first-order valence-corrected chi connectivity index (χ1v) is 24.8. The average molecular weight is 767 g/mol. The third kappa shape index (κ3) is 7.36. The minimum atomic E-state index is 0.0617. The number of nitriles is 1. The molecule has 1 aliphatic heterocycles. The van der Waals surface area contributed by atoms with E-state index in [0.29, 0.717) is 29.8 Å². The summed E-state index contributed by atoms with van der Waals surface area (Å²) in [5, 5.41) is 9.72. The summed E-state index contributed by atoms with van der Waals surface area (Å²) >= 11 is 0. The molecule has 306 valence electrons. The minimum Gasteiger partial charge on any atom is -0.320 e. The van der Waals surface area contributed by atoms with E-state index in [2.05, 4.69) is 58.2 Å². The van der Waals surface area contributed by atoms with Crippen LogP contribution in [0.25, 0.3) is 12.3 Å². The van der Waals surface area contributed by atoms with E-state index in [1.54, 1.807) is 22.4 Å². The first-order valence-electron chi connectivity index (χ1n) is 24.8. The Bertz CT molecular complexity index is 1800. The van der Waals surface area contributed by atoms with Crippen LogP contribution in [-0.2, 0) is 19.3 Å². The van der Waals surface area contributed by atoms with Gasteiger partial charge in [0, 0.05) is 41.5 Å². The highest BCUT2D eigenvalue weighted by atomic mass is 15.3. The Hall–Kier alpha value is -2.61. The Kier molecular flexibility index (Phi) is 11.6. The molecule has 8 aliphatic carbocycles. The van der Waals surface area contributed by atoms with Gasteiger partial charge in [-0.05, 0) is 193 Å². The molecule has 1 saturated heterocycles. The lowest BCUT2D eigenvalue weighted by Crippen LogP contribution is -2.51. The highest BCUT2D eigenvalue weighted by molar-refractivity contribution is 5.63. The highest BCUT2D eigenvalue weighted by Gasteiger charge is 2.50. The molecule has 0 bridgehead atoms. The standard InChI is InChI=1S/C53H74N4/c54-34-36-29-31-37(32-30-36)39-15-1-3-17-41(39)43-19-5-6-20-44(43)42-18-4-2-16-40(42)38(35-56-49-25-11-7-21-45(49)46-22-8-12-26-50(46)56)33-53(55)57-51-27-13-9-23-47(51)48-24-10-14-28-52(48)57/h9,11,13,23,25,27,35-37,40,42-44,47-48,51-53H,1-8,10,12,14-22,24,26,28-33,55H2. The first kappa shape index (κ1) is 38.6. The molecule has 4 saturated carbocycles. The number of hydrogen-bond donors (Lipinski definition) is 1. The van der Waals surface area contributed by atoms with Gasteiger partial charge < -0.3 is 10.3 Å². The maximum Gasteiger partial charge on any atom is 0.0655 e. The van der Waals surface area contributed by atoms with Crippen LogP contribution in [0.4, 0.5) is 0 Å². The Morgan fingerprint density at radius 2 is 1.44 bits per heavy atom. The smallest absolute Gasteiger partial charge is 0.0655 e. The van der Waals surface area contributed by atoms with Gasteiger partial charge in [0.05, 0.1) is 12.2 Å². The first-order chi connectivity index (χ1) is 28.2. The Labute approximate surface area is 346 Å². The van der Waals surface area contributed by atoms with Crippen LogP contribution in [0.5, 0.6) is 0 Å². The van der Waals surface area contributed by atoms with Gasteiger partial charge in [-0.25, -0.2) is 0 Å². The van der Waals surface area contributed by atoms with Gasteiger partial charge in [-0.3, -0.25) is 4.90 Å². The van der Waals surface area contributed by atoms with Crippen molar-refractivity contribution in [3.8, 4) is 6.07 Å². The molecule has 9 atom stereocenters. The normalized spacial score (nSPS) is 37.6. The fraction of sp³-hybridized carbons (Fsp3) is 0.717. The molecule has 5 fully saturated rings. The molecule has 9 unspecified atom stereocenters. The predicted molar refractivity (Wildman–Crippen MR) is 236 cm³/mol. The van der Waals surface area contributed by atoms with Gasteiger partial charge in [0.1, 0.15) is 0 Å². The fourth-order valence-corrected chi connectivity index (χ4v) is 15.4. The van der Waals surface area contributed by atoms with E-state index in [9.17, 15) is 5.26 Å². The largest absolute Gasteiger partial charge is 0.320 e. The third-order valence-corrected chi connectivity index (χ3v) is 17.8. The van der Waals surface area contributed by atoms with E-state index in [1.807, 2.05) is 11.1 Å². The average Bonchev–Trinajstić information content (AvgIpc) is 3.79. The number of nitrogens with two attached hydrogens (primary N) is 1. The van der Waals surface area contributed by atoms with E-state index >= 15 is 0 Å². The van der Waals surface area contributed by atoms with Crippen LogP contribution in [0, 0.1) is 58.7 Å². The monoisotopic (exact) mass is 767 g/mol. The van der Waals surface area contributed by atoms with E-state index < -0.39 is 0 Å². The van der Waals surface area contributed by atoms with Crippen molar-refractivity contribution in [2.45, 2.75) is 192 Å². The summed E-state index contributed by atoms with van der Waals surface area (Å²) in [5.74, 6) is 5.40. The molecule has 4 heteroatoms. The van der Waals surface area contributed by atoms with Crippen LogP contribution in [0.1, 0.15) is 177 Å². The molecule has 2 N–H and O–H groups in total. The molecule has 1 aromatic heterocycles.